The summed E-state index contributed by atoms with van der Waals surface area (Å²) in [4.78, 5) is 25.4. The van der Waals surface area contributed by atoms with Crippen molar-refractivity contribution in [3.63, 3.8) is 0 Å². The molecule has 1 saturated carbocycles. The second-order valence-electron chi connectivity index (χ2n) is 6.25. The number of aryl methyl sites for hydroxylation is 2. The summed E-state index contributed by atoms with van der Waals surface area (Å²) >= 11 is 1.80. The van der Waals surface area contributed by atoms with Gasteiger partial charge in [0.15, 0.2) is 0 Å². The monoisotopic (exact) mass is 320 g/mol. The molecule has 0 atom stereocenters. The van der Waals surface area contributed by atoms with Crippen molar-refractivity contribution in [2.75, 3.05) is 42.6 Å². The van der Waals surface area contributed by atoms with Crippen LogP contribution in [0.3, 0.4) is 0 Å². The maximum absolute atomic E-state index is 12.2. The fourth-order valence-corrected chi connectivity index (χ4v) is 3.82. The number of rotatable bonds is 5. The van der Waals surface area contributed by atoms with E-state index in [1.807, 2.05) is 18.7 Å². The van der Waals surface area contributed by atoms with Crippen LogP contribution in [0, 0.1) is 19.8 Å². The second-order valence-corrected chi connectivity index (χ2v) is 7.28. The number of piperazine rings is 1. The molecule has 1 amide bonds. The molecule has 0 bridgehead atoms. The second kappa shape index (κ2) is 6.86. The number of aromatic nitrogens is 2. The van der Waals surface area contributed by atoms with E-state index in [-0.39, 0.29) is 5.91 Å². The van der Waals surface area contributed by atoms with Crippen LogP contribution < -0.4 is 4.90 Å². The van der Waals surface area contributed by atoms with E-state index in [2.05, 4.69) is 14.9 Å². The van der Waals surface area contributed by atoms with E-state index < -0.39 is 0 Å². The maximum Gasteiger partial charge on any atom is 0.232 e. The zero-order valence-electron chi connectivity index (χ0n) is 13.4. The Balaban J connectivity index is 1.48. The van der Waals surface area contributed by atoms with Crippen LogP contribution in [0.25, 0.3) is 0 Å². The summed E-state index contributed by atoms with van der Waals surface area (Å²) in [5.41, 5.74) is 1.90. The lowest BCUT2D eigenvalue weighted by atomic mass is 10.3. The van der Waals surface area contributed by atoms with Crippen molar-refractivity contribution < 1.29 is 4.79 Å². The van der Waals surface area contributed by atoms with E-state index in [0.29, 0.717) is 5.75 Å². The summed E-state index contributed by atoms with van der Waals surface area (Å²) in [6.45, 7) is 7.23. The van der Waals surface area contributed by atoms with Crippen LogP contribution in [0.5, 0.6) is 0 Å². The fourth-order valence-electron chi connectivity index (χ4n) is 2.68. The number of nitrogens with zero attached hydrogens (tertiary/aromatic N) is 4. The van der Waals surface area contributed by atoms with Crippen molar-refractivity contribution >= 4 is 23.5 Å². The van der Waals surface area contributed by atoms with E-state index in [9.17, 15) is 4.79 Å². The van der Waals surface area contributed by atoms with Gasteiger partial charge in [0, 0.05) is 32.4 Å². The van der Waals surface area contributed by atoms with E-state index in [1.165, 1.54) is 12.8 Å². The minimum atomic E-state index is 0.289. The molecule has 120 valence electrons. The first-order valence-corrected chi connectivity index (χ1v) is 9.19. The molecule has 0 radical (unpaired) electrons. The first-order chi connectivity index (χ1) is 10.6. The normalized spacial score (nSPS) is 18.6. The lowest BCUT2D eigenvalue weighted by Crippen LogP contribution is -2.49. The van der Waals surface area contributed by atoms with Crippen LogP contribution in [0.15, 0.2) is 6.20 Å². The van der Waals surface area contributed by atoms with Crippen molar-refractivity contribution in [3.8, 4) is 0 Å². The van der Waals surface area contributed by atoms with Gasteiger partial charge < -0.3 is 9.80 Å². The van der Waals surface area contributed by atoms with Crippen LogP contribution in [0.2, 0.25) is 0 Å². The van der Waals surface area contributed by atoms with Crippen LogP contribution in [0.1, 0.15) is 24.2 Å². The SMILES string of the molecule is Cc1cnc(C)c(N2CCN(C(=O)CSCC3CC3)CC2)n1. The van der Waals surface area contributed by atoms with Gasteiger partial charge in [0.25, 0.3) is 0 Å². The minimum Gasteiger partial charge on any atom is -0.352 e. The lowest BCUT2D eigenvalue weighted by molar-refractivity contribution is -0.128. The number of hydrogen-bond donors (Lipinski definition) is 0. The molecule has 6 heteroatoms. The van der Waals surface area contributed by atoms with Crippen LogP contribution >= 0.6 is 11.8 Å². The number of amides is 1. The van der Waals surface area contributed by atoms with Gasteiger partial charge in [-0.25, -0.2) is 4.98 Å². The van der Waals surface area contributed by atoms with E-state index in [4.69, 9.17) is 0 Å². The van der Waals surface area contributed by atoms with Gasteiger partial charge in [-0.15, -0.1) is 0 Å². The van der Waals surface area contributed by atoms with E-state index in [1.54, 1.807) is 18.0 Å². The standard InChI is InChI=1S/C16H24N4OS/c1-12-9-17-13(2)16(18-12)20-7-5-19(6-8-20)15(21)11-22-10-14-3-4-14/h9,14H,3-8,10-11H2,1-2H3. The van der Waals surface area contributed by atoms with Gasteiger partial charge in [0.05, 0.1) is 17.1 Å². The maximum atomic E-state index is 12.2. The molecule has 2 fully saturated rings. The third kappa shape index (κ3) is 3.91. The molecule has 2 heterocycles. The number of thioether (sulfide) groups is 1. The smallest absolute Gasteiger partial charge is 0.232 e. The fraction of sp³-hybridized carbons (Fsp3) is 0.688. The molecule has 3 rings (SSSR count). The molecule has 5 nitrogen and oxygen atoms in total. The highest BCUT2D eigenvalue weighted by Crippen LogP contribution is 2.32. The molecule has 0 aromatic carbocycles. The molecular formula is C16H24N4OS. The topological polar surface area (TPSA) is 49.3 Å². The highest BCUT2D eigenvalue weighted by Gasteiger charge is 2.25. The van der Waals surface area contributed by atoms with Gasteiger partial charge in [-0.05, 0) is 38.4 Å². The molecule has 0 N–H and O–H groups in total. The Morgan fingerprint density at radius 1 is 1.27 bits per heavy atom. The largest absolute Gasteiger partial charge is 0.352 e. The Hall–Kier alpha value is -1.30. The minimum absolute atomic E-state index is 0.289. The molecule has 1 aromatic heterocycles. The summed E-state index contributed by atoms with van der Waals surface area (Å²) in [5.74, 6) is 3.94. The number of carbonyl (C=O) groups is 1. The number of hydrogen-bond acceptors (Lipinski definition) is 5. The summed E-state index contributed by atoms with van der Waals surface area (Å²) in [7, 11) is 0. The average Bonchev–Trinajstić information content (AvgIpc) is 3.34. The van der Waals surface area contributed by atoms with Gasteiger partial charge in [0.2, 0.25) is 5.91 Å². The van der Waals surface area contributed by atoms with Crippen LogP contribution in [-0.2, 0) is 4.79 Å². The summed E-state index contributed by atoms with van der Waals surface area (Å²) in [6.07, 6.45) is 4.52. The van der Waals surface area contributed by atoms with Crippen molar-refractivity contribution in [3.05, 3.63) is 17.6 Å². The summed E-state index contributed by atoms with van der Waals surface area (Å²) < 4.78 is 0. The molecule has 0 spiro atoms. The lowest BCUT2D eigenvalue weighted by Gasteiger charge is -2.35. The molecule has 1 aliphatic carbocycles. The molecule has 22 heavy (non-hydrogen) atoms. The Morgan fingerprint density at radius 3 is 2.68 bits per heavy atom. The van der Waals surface area contributed by atoms with Gasteiger partial charge in [-0.2, -0.15) is 11.8 Å². The van der Waals surface area contributed by atoms with Crippen molar-refractivity contribution in [2.24, 2.45) is 5.92 Å². The predicted octanol–water partition coefficient (Wildman–Crippen LogP) is 1.89. The number of carbonyl (C=O) groups excluding carboxylic acids is 1. The van der Waals surface area contributed by atoms with Gasteiger partial charge >= 0.3 is 0 Å². The molecule has 0 unspecified atom stereocenters. The highest BCUT2D eigenvalue weighted by molar-refractivity contribution is 7.99. The average molecular weight is 320 g/mol. The first kappa shape index (κ1) is 15.6. The quantitative estimate of drug-likeness (QED) is 0.829. The third-order valence-electron chi connectivity index (χ3n) is 4.26. The molecule has 1 aromatic rings. The van der Waals surface area contributed by atoms with Crippen molar-refractivity contribution in [1.29, 1.82) is 0 Å². The Labute approximate surface area is 136 Å². The Bertz CT molecular complexity index is 539. The zero-order valence-corrected chi connectivity index (χ0v) is 14.2. The predicted molar refractivity (Wildman–Crippen MR) is 90.3 cm³/mol. The van der Waals surface area contributed by atoms with Gasteiger partial charge in [-0.1, -0.05) is 0 Å². The molecular weight excluding hydrogens is 296 g/mol. The first-order valence-electron chi connectivity index (χ1n) is 8.04. The van der Waals surface area contributed by atoms with E-state index >= 15 is 0 Å². The summed E-state index contributed by atoms with van der Waals surface area (Å²) in [5, 5.41) is 0. The van der Waals surface area contributed by atoms with Crippen LogP contribution in [-0.4, -0.2) is 58.5 Å². The van der Waals surface area contributed by atoms with Crippen molar-refractivity contribution in [1.82, 2.24) is 14.9 Å². The highest BCUT2D eigenvalue weighted by atomic mass is 32.2. The molecule has 2 aliphatic rings. The van der Waals surface area contributed by atoms with Crippen molar-refractivity contribution in [2.45, 2.75) is 26.7 Å². The van der Waals surface area contributed by atoms with Gasteiger partial charge in [-0.3, -0.25) is 9.78 Å². The number of anilines is 1. The van der Waals surface area contributed by atoms with Gasteiger partial charge in [0.1, 0.15) is 5.82 Å². The van der Waals surface area contributed by atoms with E-state index in [0.717, 1.165) is 55.1 Å². The Morgan fingerprint density at radius 2 is 2.00 bits per heavy atom. The zero-order chi connectivity index (χ0) is 15.5. The molecule has 1 saturated heterocycles. The Kier molecular flexibility index (Phi) is 4.86. The summed E-state index contributed by atoms with van der Waals surface area (Å²) in [6, 6.07) is 0. The molecule has 1 aliphatic heterocycles. The van der Waals surface area contributed by atoms with Crippen LogP contribution in [0.4, 0.5) is 5.82 Å². The third-order valence-corrected chi connectivity index (χ3v) is 5.42.